The van der Waals surface area contributed by atoms with Gasteiger partial charge in [-0.15, -0.1) is 11.3 Å². The lowest BCUT2D eigenvalue weighted by Crippen LogP contribution is -2.14. The van der Waals surface area contributed by atoms with E-state index in [0.29, 0.717) is 0 Å². The Kier molecular flexibility index (Phi) is 3.60. The molecule has 17 heavy (non-hydrogen) atoms. The van der Waals surface area contributed by atoms with Crippen molar-refractivity contribution in [3.05, 3.63) is 51.0 Å². The van der Waals surface area contributed by atoms with E-state index in [1.54, 1.807) is 11.3 Å². The molecule has 0 aliphatic carbocycles. The van der Waals surface area contributed by atoms with Gasteiger partial charge < -0.3 is 5.73 Å². The number of benzene rings is 1. The van der Waals surface area contributed by atoms with Crippen LogP contribution >= 0.6 is 11.3 Å². The van der Waals surface area contributed by atoms with E-state index in [2.05, 4.69) is 37.9 Å². The number of hydrogen-bond acceptors (Lipinski definition) is 3. The highest BCUT2D eigenvalue weighted by Crippen LogP contribution is 2.23. The first-order chi connectivity index (χ1) is 8.08. The minimum Gasteiger partial charge on any atom is -0.324 e. The van der Waals surface area contributed by atoms with Crippen molar-refractivity contribution >= 4 is 11.3 Å². The maximum Gasteiger partial charge on any atom is 0.0949 e. The van der Waals surface area contributed by atoms with Crippen LogP contribution in [0.3, 0.4) is 0 Å². The van der Waals surface area contributed by atoms with Gasteiger partial charge in [-0.25, -0.2) is 4.98 Å². The number of hydrogen-bond donors (Lipinski definition) is 1. The molecule has 2 aromatic rings. The Labute approximate surface area is 107 Å². The summed E-state index contributed by atoms with van der Waals surface area (Å²) in [6.07, 6.45) is 0.824. The molecule has 0 aliphatic heterocycles. The van der Waals surface area contributed by atoms with Gasteiger partial charge in [-0.05, 0) is 31.9 Å². The fourth-order valence-corrected chi connectivity index (χ4v) is 2.92. The van der Waals surface area contributed by atoms with Crippen molar-refractivity contribution in [2.24, 2.45) is 5.73 Å². The third-order valence-corrected chi connectivity index (χ3v) is 4.15. The first-order valence-electron chi connectivity index (χ1n) is 5.82. The molecule has 0 amide bonds. The monoisotopic (exact) mass is 246 g/mol. The van der Waals surface area contributed by atoms with Gasteiger partial charge >= 0.3 is 0 Å². The largest absolute Gasteiger partial charge is 0.324 e. The molecule has 90 valence electrons. The summed E-state index contributed by atoms with van der Waals surface area (Å²) in [5.74, 6) is 0. The Hall–Kier alpha value is -1.19. The van der Waals surface area contributed by atoms with Crippen molar-refractivity contribution in [2.45, 2.75) is 33.2 Å². The van der Waals surface area contributed by atoms with Crippen LogP contribution in [-0.4, -0.2) is 4.98 Å². The second-order valence-electron chi connectivity index (χ2n) is 4.42. The smallest absolute Gasteiger partial charge is 0.0949 e. The van der Waals surface area contributed by atoms with Gasteiger partial charge in [0, 0.05) is 17.3 Å². The van der Waals surface area contributed by atoms with E-state index < -0.39 is 0 Å². The van der Waals surface area contributed by atoms with Crippen LogP contribution in [0.15, 0.2) is 24.3 Å². The summed E-state index contributed by atoms with van der Waals surface area (Å²) in [6, 6.07) is 8.34. The molecule has 0 saturated carbocycles. The lowest BCUT2D eigenvalue weighted by Gasteiger charge is -2.12. The van der Waals surface area contributed by atoms with E-state index in [4.69, 9.17) is 5.73 Å². The molecular weight excluding hydrogens is 228 g/mol. The maximum atomic E-state index is 6.25. The van der Waals surface area contributed by atoms with Crippen LogP contribution in [0.2, 0.25) is 0 Å². The third kappa shape index (κ3) is 2.73. The number of thiazole rings is 1. The second-order valence-corrected chi connectivity index (χ2v) is 5.70. The van der Waals surface area contributed by atoms with Gasteiger partial charge in [0.1, 0.15) is 0 Å². The van der Waals surface area contributed by atoms with E-state index in [9.17, 15) is 0 Å². The minimum atomic E-state index is 0.0427. The molecule has 1 aromatic heterocycles. The Morgan fingerprint density at radius 2 is 1.94 bits per heavy atom. The molecule has 0 aliphatic rings. The number of nitrogens with two attached hydrogens (primary N) is 1. The highest BCUT2D eigenvalue weighted by Gasteiger charge is 2.12. The Morgan fingerprint density at radius 3 is 2.53 bits per heavy atom. The maximum absolute atomic E-state index is 6.25. The highest BCUT2D eigenvalue weighted by atomic mass is 32.1. The fraction of sp³-hybridized carbons (Fsp3) is 0.357. The lowest BCUT2D eigenvalue weighted by atomic mass is 10.00. The average Bonchev–Trinajstić information content (AvgIpc) is 2.58. The molecule has 1 aromatic carbocycles. The topological polar surface area (TPSA) is 38.9 Å². The Morgan fingerprint density at radius 1 is 1.24 bits per heavy atom. The first kappa shape index (κ1) is 12.3. The van der Waals surface area contributed by atoms with Crippen molar-refractivity contribution in [3.8, 4) is 0 Å². The molecule has 0 bridgehead atoms. The molecule has 2 N–H and O–H groups in total. The predicted molar refractivity (Wildman–Crippen MR) is 73.4 cm³/mol. The summed E-state index contributed by atoms with van der Waals surface area (Å²) >= 11 is 1.75. The summed E-state index contributed by atoms with van der Waals surface area (Å²) in [5.41, 5.74) is 9.86. The second kappa shape index (κ2) is 4.98. The van der Waals surface area contributed by atoms with Crippen LogP contribution < -0.4 is 5.73 Å². The van der Waals surface area contributed by atoms with Crippen LogP contribution in [-0.2, 0) is 6.42 Å². The molecule has 3 heteroatoms. The standard InChI is InChI=1S/C14H18N2S/c1-9-6-4-5-7-12(9)13(15)8-14-16-10(2)11(3)17-14/h4-7,13H,8,15H2,1-3H3. The van der Waals surface area contributed by atoms with E-state index >= 15 is 0 Å². The highest BCUT2D eigenvalue weighted by molar-refractivity contribution is 7.11. The lowest BCUT2D eigenvalue weighted by molar-refractivity contribution is 0.711. The molecule has 2 nitrogen and oxygen atoms in total. The zero-order valence-electron chi connectivity index (χ0n) is 10.5. The molecular formula is C14H18N2S. The summed E-state index contributed by atoms with van der Waals surface area (Å²) in [4.78, 5) is 5.83. The van der Waals surface area contributed by atoms with E-state index in [-0.39, 0.29) is 6.04 Å². The molecule has 0 radical (unpaired) electrons. The molecule has 0 fully saturated rings. The minimum absolute atomic E-state index is 0.0427. The summed E-state index contributed by atoms with van der Waals surface area (Å²) in [5, 5.41) is 1.13. The fourth-order valence-electron chi connectivity index (χ4n) is 1.93. The SMILES string of the molecule is Cc1ccccc1C(N)Cc1nc(C)c(C)s1. The molecule has 2 rings (SSSR count). The van der Waals surface area contributed by atoms with Crippen LogP contribution in [0.5, 0.6) is 0 Å². The molecule has 1 atom stereocenters. The van der Waals surface area contributed by atoms with Crippen molar-refractivity contribution in [1.29, 1.82) is 0 Å². The van der Waals surface area contributed by atoms with Crippen molar-refractivity contribution in [2.75, 3.05) is 0 Å². The van der Waals surface area contributed by atoms with Crippen LogP contribution in [0.1, 0.15) is 32.7 Å². The van der Waals surface area contributed by atoms with E-state index in [1.165, 1.54) is 16.0 Å². The van der Waals surface area contributed by atoms with Gasteiger partial charge in [-0.1, -0.05) is 24.3 Å². The number of aryl methyl sites for hydroxylation is 3. The Balaban J connectivity index is 2.17. The van der Waals surface area contributed by atoms with Gasteiger partial charge in [0.25, 0.3) is 0 Å². The molecule has 1 unspecified atom stereocenters. The van der Waals surface area contributed by atoms with Crippen molar-refractivity contribution < 1.29 is 0 Å². The number of nitrogens with zero attached hydrogens (tertiary/aromatic N) is 1. The van der Waals surface area contributed by atoms with Gasteiger partial charge in [0.05, 0.1) is 10.7 Å². The first-order valence-corrected chi connectivity index (χ1v) is 6.63. The zero-order valence-corrected chi connectivity index (χ0v) is 11.3. The van der Waals surface area contributed by atoms with Gasteiger partial charge in [-0.3, -0.25) is 0 Å². The van der Waals surface area contributed by atoms with Crippen LogP contribution in [0.25, 0.3) is 0 Å². The van der Waals surface area contributed by atoms with Crippen LogP contribution in [0.4, 0.5) is 0 Å². The normalized spacial score (nSPS) is 12.7. The van der Waals surface area contributed by atoms with Gasteiger partial charge in [0.15, 0.2) is 0 Å². The molecule has 1 heterocycles. The van der Waals surface area contributed by atoms with Crippen molar-refractivity contribution in [3.63, 3.8) is 0 Å². The average molecular weight is 246 g/mol. The summed E-state index contributed by atoms with van der Waals surface area (Å²) in [7, 11) is 0. The van der Waals surface area contributed by atoms with E-state index in [0.717, 1.165) is 17.1 Å². The van der Waals surface area contributed by atoms with Crippen LogP contribution in [0, 0.1) is 20.8 Å². The molecule has 0 saturated heterocycles. The number of aromatic nitrogens is 1. The van der Waals surface area contributed by atoms with Gasteiger partial charge in [0.2, 0.25) is 0 Å². The predicted octanol–water partition coefficient (Wildman–Crippen LogP) is 3.31. The summed E-state index contributed by atoms with van der Waals surface area (Å²) in [6.45, 7) is 6.26. The van der Waals surface area contributed by atoms with Crippen molar-refractivity contribution in [1.82, 2.24) is 4.98 Å². The zero-order chi connectivity index (χ0) is 12.4. The quantitative estimate of drug-likeness (QED) is 0.902. The van der Waals surface area contributed by atoms with Gasteiger partial charge in [-0.2, -0.15) is 0 Å². The Bertz CT molecular complexity index is 497. The number of rotatable bonds is 3. The third-order valence-electron chi connectivity index (χ3n) is 3.06. The summed E-state index contributed by atoms with van der Waals surface area (Å²) < 4.78 is 0. The molecule has 0 spiro atoms. The van der Waals surface area contributed by atoms with E-state index in [1.807, 2.05) is 12.1 Å².